The molecule has 6 heteroatoms. The van der Waals surface area contributed by atoms with Gasteiger partial charge in [-0.3, -0.25) is 9.59 Å². The number of aliphatic carboxylic acids is 1. The Hall–Kier alpha value is -1.75. The molecule has 0 saturated carbocycles. The molecule has 1 aromatic rings. The molecule has 0 heterocycles. The third-order valence-electron chi connectivity index (χ3n) is 2.82. The molecule has 1 N–H and O–H groups in total. The predicted molar refractivity (Wildman–Crippen MR) is 84.2 cm³/mol. The van der Waals surface area contributed by atoms with E-state index in [0.29, 0.717) is 24.7 Å². The molecule has 0 fully saturated rings. The minimum absolute atomic E-state index is 0.0998. The molecule has 0 bridgehead atoms. The Labute approximate surface area is 135 Å². The summed E-state index contributed by atoms with van der Waals surface area (Å²) in [7, 11) is 0. The summed E-state index contributed by atoms with van der Waals surface area (Å²) in [4.78, 5) is 22.6. The highest BCUT2D eigenvalue weighted by atomic mass is 35.5. The molecule has 0 radical (unpaired) electrons. The van der Waals surface area contributed by atoms with Crippen molar-refractivity contribution in [1.29, 1.82) is 0 Å². The molecule has 0 atom stereocenters. The van der Waals surface area contributed by atoms with Crippen LogP contribution in [-0.2, 0) is 4.79 Å². The molecule has 1 rings (SSSR count). The Morgan fingerprint density at radius 2 is 1.59 bits per heavy atom. The van der Waals surface area contributed by atoms with Gasteiger partial charge >= 0.3 is 5.97 Å². The molecule has 0 amide bonds. The van der Waals surface area contributed by atoms with E-state index in [9.17, 15) is 9.59 Å². The van der Waals surface area contributed by atoms with Gasteiger partial charge in [-0.25, -0.2) is 0 Å². The fourth-order valence-electron chi connectivity index (χ4n) is 1.75. The number of benzene rings is 1. The monoisotopic (exact) mass is 328 g/mol. The van der Waals surface area contributed by atoms with Crippen molar-refractivity contribution in [2.75, 3.05) is 13.2 Å². The van der Waals surface area contributed by atoms with Gasteiger partial charge in [-0.05, 0) is 18.9 Å². The fourth-order valence-corrected chi connectivity index (χ4v) is 2.01. The van der Waals surface area contributed by atoms with Gasteiger partial charge in [0.05, 0.1) is 24.7 Å². The number of carboxylic acid groups (broad SMARTS) is 1. The molecular formula is C16H21ClO5. The lowest BCUT2D eigenvalue weighted by Gasteiger charge is -2.14. The molecule has 5 nitrogen and oxygen atoms in total. The quantitative estimate of drug-likeness (QED) is 0.658. The van der Waals surface area contributed by atoms with E-state index in [-0.39, 0.29) is 29.2 Å². The van der Waals surface area contributed by atoms with Crippen LogP contribution in [0, 0.1) is 0 Å². The molecule has 0 spiro atoms. The third kappa shape index (κ3) is 5.56. The van der Waals surface area contributed by atoms with Crippen LogP contribution >= 0.6 is 11.6 Å². The normalized spacial score (nSPS) is 10.3. The average Bonchev–Trinajstić information content (AvgIpc) is 2.49. The summed E-state index contributed by atoms with van der Waals surface area (Å²) >= 11 is 6.12. The zero-order chi connectivity index (χ0) is 16.5. The number of ketones is 1. The maximum absolute atomic E-state index is 12.1. The van der Waals surface area contributed by atoms with Crippen molar-refractivity contribution in [3.8, 4) is 11.5 Å². The maximum Gasteiger partial charge on any atom is 0.303 e. The van der Waals surface area contributed by atoms with Gasteiger partial charge in [-0.15, -0.1) is 0 Å². The van der Waals surface area contributed by atoms with Crippen LogP contribution in [-0.4, -0.2) is 30.1 Å². The highest BCUT2D eigenvalue weighted by Gasteiger charge is 2.17. The lowest BCUT2D eigenvalue weighted by atomic mass is 10.1. The number of carbonyl (C=O) groups is 2. The number of hydrogen-bond donors (Lipinski definition) is 1. The third-order valence-corrected chi connectivity index (χ3v) is 3.14. The lowest BCUT2D eigenvalue weighted by molar-refractivity contribution is -0.136. The molecule has 22 heavy (non-hydrogen) atoms. The highest BCUT2D eigenvalue weighted by Crippen LogP contribution is 2.34. The second-order valence-electron chi connectivity index (χ2n) is 4.79. The van der Waals surface area contributed by atoms with Gasteiger partial charge in [0.2, 0.25) is 0 Å². The molecule has 0 aliphatic rings. The van der Waals surface area contributed by atoms with E-state index in [1.54, 1.807) is 6.07 Å². The molecule has 0 unspecified atom stereocenters. The minimum atomic E-state index is -1.02. The summed E-state index contributed by atoms with van der Waals surface area (Å²) < 4.78 is 11.2. The zero-order valence-electron chi connectivity index (χ0n) is 12.9. The second kappa shape index (κ2) is 9.30. The molecule has 122 valence electrons. The fraction of sp³-hybridized carbons (Fsp3) is 0.500. The highest BCUT2D eigenvalue weighted by molar-refractivity contribution is 6.34. The summed E-state index contributed by atoms with van der Waals surface area (Å²) in [5, 5.41) is 8.90. The van der Waals surface area contributed by atoms with Crippen molar-refractivity contribution in [3.05, 3.63) is 22.7 Å². The van der Waals surface area contributed by atoms with Crippen LogP contribution < -0.4 is 9.47 Å². The largest absolute Gasteiger partial charge is 0.490 e. The van der Waals surface area contributed by atoms with Crippen molar-refractivity contribution < 1.29 is 24.2 Å². The summed E-state index contributed by atoms with van der Waals surface area (Å²) in [5.41, 5.74) is 0.262. The van der Waals surface area contributed by atoms with E-state index in [2.05, 4.69) is 0 Å². The summed E-state index contributed by atoms with van der Waals surface area (Å²) in [6, 6.07) is 3.09. The number of halogens is 1. The van der Waals surface area contributed by atoms with Gasteiger partial charge in [-0.1, -0.05) is 25.4 Å². The number of hydrogen-bond acceptors (Lipinski definition) is 4. The Morgan fingerprint density at radius 3 is 2.09 bits per heavy atom. The van der Waals surface area contributed by atoms with Crippen LogP contribution in [0.2, 0.25) is 5.02 Å². The van der Waals surface area contributed by atoms with E-state index < -0.39 is 5.97 Å². The smallest absolute Gasteiger partial charge is 0.303 e. The maximum atomic E-state index is 12.1. The zero-order valence-corrected chi connectivity index (χ0v) is 13.6. The van der Waals surface area contributed by atoms with Crippen molar-refractivity contribution in [3.63, 3.8) is 0 Å². The van der Waals surface area contributed by atoms with Gasteiger partial charge in [0.15, 0.2) is 17.3 Å². The van der Waals surface area contributed by atoms with Crippen LogP contribution in [0.1, 0.15) is 49.9 Å². The van der Waals surface area contributed by atoms with Crippen molar-refractivity contribution in [2.45, 2.75) is 39.5 Å². The van der Waals surface area contributed by atoms with Gasteiger partial charge in [0.25, 0.3) is 0 Å². The summed E-state index contributed by atoms with van der Waals surface area (Å²) in [6.45, 7) is 4.97. The van der Waals surface area contributed by atoms with Gasteiger partial charge in [-0.2, -0.15) is 0 Å². The van der Waals surface area contributed by atoms with Gasteiger partial charge in [0, 0.05) is 18.1 Å². The first-order chi connectivity index (χ1) is 10.5. The van der Waals surface area contributed by atoms with Crippen molar-refractivity contribution >= 4 is 23.4 Å². The summed E-state index contributed by atoms with van der Waals surface area (Å²) in [5.74, 6) is -0.390. The topological polar surface area (TPSA) is 72.8 Å². The van der Waals surface area contributed by atoms with Crippen LogP contribution in [0.3, 0.4) is 0 Å². The first-order valence-corrected chi connectivity index (χ1v) is 7.71. The van der Waals surface area contributed by atoms with E-state index in [4.69, 9.17) is 26.2 Å². The van der Waals surface area contributed by atoms with Crippen LogP contribution in [0.25, 0.3) is 0 Å². The Bertz CT molecular complexity index is 528. The first-order valence-electron chi connectivity index (χ1n) is 7.33. The molecule has 0 aliphatic heterocycles. The first kappa shape index (κ1) is 18.3. The molecular weight excluding hydrogens is 308 g/mol. The van der Waals surface area contributed by atoms with Crippen molar-refractivity contribution in [2.24, 2.45) is 0 Å². The number of carbonyl (C=O) groups excluding carboxylic acids is 1. The molecule has 0 aliphatic carbocycles. The molecule has 1 aromatic carbocycles. The average molecular weight is 329 g/mol. The SMILES string of the molecule is CCCOc1cc(Cl)c(C(=O)CCC(=O)O)cc1OCCC. The van der Waals surface area contributed by atoms with Gasteiger partial charge < -0.3 is 14.6 Å². The Balaban J connectivity index is 3.02. The Kier molecular flexibility index (Phi) is 7.74. The molecule has 0 aromatic heterocycles. The summed E-state index contributed by atoms with van der Waals surface area (Å²) in [6.07, 6.45) is 1.33. The predicted octanol–water partition coefficient (Wildman–Crippen LogP) is 3.97. The van der Waals surface area contributed by atoms with Gasteiger partial charge in [0.1, 0.15) is 0 Å². The van der Waals surface area contributed by atoms with Crippen molar-refractivity contribution in [1.82, 2.24) is 0 Å². The van der Waals surface area contributed by atoms with Crippen LogP contribution in [0.4, 0.5) is 0 Å². The Morgan fingerprint density at radius 1 is 1.05 bits per heavy atom. The number of carboxylic acids is 1. The lowest BCUT2D eigenvalue weighted by Crippen LogP contribution is -2.07. The van der Waals surface area contributed by atoms with E-state index in [1.807, 2.05) is 13.8 Å². The second-order valence-corrected chi connectivity index (χ2v) is 5.20. The van der Waals surface area contributed by atoms with E-state index in [0.717, 1.165) is 12.8 Å². The number of ether oxygens (including phenoxy) is 2. The van der Waals surface area contributed by atoms with E-state index in [1.165, 1.54) is 6.07 Å². The minimum Gasteiger partial charge on any atom is -0.490 e. The van der Waals surface area contributed by atoms with Crippen LogP contribution in [0.5, 0.6) is 11.5 Å². The number of rotatable bonds is 10. The number of Topliss-reactive ketones (excluding diaryl/α,β-unsaturated/α-hetero) is 1. The standard InChI is InChI=1S/C16H21ClO5/c1-3-7-21-14-9-11(13(18)5-6-16(19)20)12(17)10-15(14)22-8-4-2/h9-10H,3-8H2,1-2H3,(H,19,20). The molecule has 0 saturated heterocycles. The van der Waals surface area contributed by atoms with E-state index >= 15 is 0 Å². The van der Waals surface area contributed by atoms with Crippen LogP contribution in [0.15, 0.2) is 12.1 Å².